The van der Waals surface area contributed by atoms with Gasteiger partial charge in [0, 0.05) is 10.6 Å². The Labute approximate surface area is 118 Å². The smallest absolute Gasteiger partial charge is 0.267 e. The van der Waals surface area contributed by atoms with E-state index in [1.165, 1.54) is 12.1 Å². The summed E-state index contributed by atoms with van der Waals surface area (Å²) in [5, 5.41) is 3.93. The molecule has 0 bridgehead atoms. The number of carbonyl (C=O) groups excluding carboxylic acids is 1. The van der Waals surface area contributed by atoms with Gasteiger partial charge in [-0.15, -0.1) is 0 Å². The molecular formula is C14H9ClF2N2O. The first kappa shape index (κ1) is 14.1. The Morgan fingerprint density at radius 1 is 1.15 bits per heavy atom. The molecule has 0 heterocycles. The maximum absolute atomic E-state index is 13.3. The summed E-state index contributed by atoms with van der Waals surface area (Å²) in [5.74, 6) is -2.04. The van der Waals surface area contributed by atoms with Crippen molar-refractivity contribution in [2.45, 2.75) is 0 Å². The van der Waals surface area contributed by atoms with Crippen LogP contribution in [-0.2, 0) is 0 Å². The van der Waals surface area contributed by atoms with Crippen LogP contribution in [0.2, 0.25) is 5.02 Å². The van der Waals surface area contributed by atoms with Crippen molar-refractivity contribution in [2.75, 3.05) is 0 Å². The maximum Gasteiger partial charge on any atom is 0.271 e. The van der Waals surface area contributed by atoms with Crippen LogP contribution < -0.4 is 5.43 Å². The molecule has 0 aromatic heterocycles. The molecule has 102 valence electrons. The number of benzene rings is 2. The van der Waals surface area contributed by atoms with E-state index in [0.29, 0.717) is 10.6 Å². The lowest BCUT2D eigenvalue weighted by Crippen LogP contribution is -2.17. The van der Waals surface area contributed by atoms with Gasteiger partial charge in [0.1, 0.15) is 11.6 Å². The third kappa shape index (κ3) is 3.39. The van der Waals surface area contributed by atoms with Gasteiger partial charge in [-0.1, -0.05) is 23.7 Å². The number of hydrazone groups is 1. The van der Waals surface area contributed by atoms with Crippen LogP contribution in [0.4, 0.5) is 8.78 Å². The van der Waals surface area contributed by atoms with E-state index in [0.717, 1.165) is 18.3 Å². The molecule has 0 atom stereocenters. The minimum atomic E-state index is -0.759. The van der Waals surface area contributed by atoms with Crippen molar-refractivity contribution in [3.63, 3.8) is 0 Å². The van der Waals surface area contributed by atoms with Crippen molar-refractivity contribution in [1.29, 1.82) is 0 Å². The second-order valence-corrected chi connectivity index (χ2v) is 4.28. The van der Waals surface area contributed by atoms with Gasteiger partial charge in [0.2, 0.25) is 0 Å². The van der Waals surface area contributed by atoms with Crippen molar-refractivity contribution < 1.29 is 13.6 Å². The number of hydrogen-bond acceptors (Lipinski definition) is 2. The zero-order chi connectivity index (χ0) is 14.5. The predicted octanol–water partition coefficient (Wildman–Crippen LogP) is 3.38. The first-order chi connectivity index (χ1) is 9.58. The lowest BCUT2D eigenvalue weighted by Gasteiger charge is -2.01. The van der Waals surface area contributed by atoms with Gasteiger partial charge in [-0.3, -0.25) is 4.79 Å². The number of hydrogen-bond donors (Lipinski definition) is 1. The molecule has 0 saturated carbocycles. The molecule has 0 aliphatic rings. The number of nitrogens with zero attached hydrogens (tertiary/aromatic N) is 1. The lowest BCUT2D eigenvalue weighted by molar-refractivity contribution is 0.0955. The van der Waals surface area contributed by atoms with Crippen molar-refractivity contribution in [3.05, 3.63) is 70.2 Å². The van der Waals surface area contributed by atoms with Gasteiger partial charge in [0.15, 0.2) is 0 Å². The first-order valence-electron chi connectivity index (χ1n) is 5.61. The Morgan fingerprint density at radius 3 is 2.45 bits per heavy atom. The minimum Gasteiger partial charge on any atom is -0.267 e. The van der Waals surface area contributed by atoms with Crippen molar-refractivity contribution in [3.8, 4) is 0 Å². The molecule has 0 aliphatic carbocycles. The average Bonchev–Trinajstić information content (AvgIpc) is 2.42. The summed E-state index contributed by atoms with van der Waals surface area (Å²) in [4.78, 5) is 11.7. The van der Waals surface area contributed by atoms with Crippen LogP contribution in [0.5, 0.6) is 0 Å². The summed E-state index contributed by atoms with van der Waals surface area (Å²) in [6, 6.07) is 9.67. The second kappa shape index (κ2) is 6.25. The van der Waals surface area contributed by atoms with E-state index in [9.17, 15) is 13.6 Å². The Kier molecular flexibility index (Phi) is 4.42. The molecule has 0 saturated heterocycles. The van der Waals surface area contributed by atoms with Gasteiger partial charge in [-0.25, -0.2) is 14.2 Å². The van der Waals surface area contributed by atoms with Crippen LogP contribution in [0.3, 0.4) is 0 Å². The molecule has 0 fully saturated rings. The summed E-state index contributed by atoms with van der Waals surface area (Å²) in [6.07, 6.45) is 0.910. The van der Waals surface area contributed by atoms with Crippen LogP contribution in [-0.4, -0.2) is 12.1 Å². The fraction of sp³-hybridized carbons (Fsp3) is 0. The molecule has 1 N–H and O–H groups in total. The molecule has 20 heavy (non-hydrogen) atoms. The quantitative estimate of drug-likeness (QED) is 0.684. The van der Waals surface area contributed by atoms with Gasteiger partial charge < -0.3 is 0 Å². The molecule has 0 unspecified atom stereocenters. The van der Waals surface area contributed by atoms with Crippen LogP contribution in [0, 0.1) is 11.6 Å². The standard InChI is InChI=1S/C14H9ClF2N2O/c15-10-4-1-3-9(7-10)14(20)19-18-8-11-12(16)5-2-6-13(11)17/h1-8H,(H,19,20)/b18-8-. The third-order valence-electron chi connectivity index (χ3n) is 2.45. The van der Waals surface area contributed by atoms with E-state index in [4.69, 9.17) is 11.6 Å². The van der Waals surface area contributed by atoms with E-state index in [1.807, 2.05) is 0 Å². The summed E-state index contributed by atoms with van der Waals surface area (Å²) in [6.45, 7) is 0. The summed E-state index contributed by atoms with van der Waals surface area (Å²) >= 11 is 5.74. The fourth-order valence-corrected chi connectivity index (χ4v) is 1.67. The van der Waals surface area contributed by atoms with Gasteiger partial charge >= 0.3 is 0 Å². The predicted molar refractivity (Wildman–Crippen MR) is 72.9 cm³/mol. The molecule has 1 amide bonds. The van der Waals surface area contributed by atoms with Gasteiger partial charge in [0.05, 0.1) is 11.8 Å². The SMILES string of the molecule is O=C(N/N=C\c1c(F)cccc1F)c1cccc(Cl)c1. The van der Waals surface area contributed by atoms with Gasteiger partial charge in [-0.2, -0.15) is 5.10 Å². The van der Waals surface area contributed by atoms with Crippen molar-refractivity contribution in [1.82, 2.24) is 5.43 Å². The van der Waals surface area contributed by atoms with Gasteiger partial charge in [-0.05, 0) is 30.3 Å². The molecular weight excluding hydrogens is 286 g/mol. The highest BCUT2D eigenvalue weighted by Gasteiger charge is 2.07. The topological polar surface area (TPSA) is 41.5 Å². The zero-order valence-electron chi connectivity index (χ0n) is 10.1. The highest BCUT2D eigenvalue weighted by molar-refractivity contribution is 6.30. The van der Waals surface area contributed by atoms with E-state index in [-0.39, 0.29) is 5.56 Å². The minimum absolute atomic E-state index is 0.295. The van der Waals surface area contributed by atoms with Crippen LogP contribution >= 0.6 is 11.6 Å². The van der Waals surface area contributed by atoms with Crippen LogP contribution in [0.15, 0.2) is 47.6 Å². The summed E-state index contributed by atoms with van der Waals surface area (Å²) < 4.78 is 26.6. The molecule has 0 spiro atoms. The summed E-state index contributed by atoms with van der Waals surface area (Å²) in [7, 11) is 0. The molecule has 2 aromatic rings. The van der Waals surface area contributed by atoms with E-state index < -0.39 is 17.5 Å². The van der Waals surface area contributed by atoms with Crippen molar-refractivity contribution in [2.24, 2.45) is 5.10 Å². The van der Waals surface area contributed by atoms with Crippen molar-refractivity contribution >= 4 is 23.7 Å². The Hall–Kier alpha value is -2.27. The molecule has 2 rings (SSSR count). The monoisotopic (exact) mass is 294 g/mol. The van der Waals surface area contributed by atoms with E-state index in [2.05, 4.69) is 10.5 Å². The average molecular weight is 295 g/mol. The lowest BCUT2D eigenvalue weighted by atomic mass is 10.2. The highest BCUT2D eigenvalue weighted by atomic mass is 35.5. The van der Waals surface area contributed by atoms with E-state index in [1.54, 1.807) is 18.2 Å². The highest BCUT2D eigenvalue weighted by Crippen LogP contribution is 2.11. The largest absolute Gasteiger partial charge is 0.271 e. The zero-order valence-corrected chi connectivity index (χ0v) is 10.9. The Balaban J connectivity index is 2.09. The number of carbonyl (C=O) groups is 1. The fourth-order valence-electron chi connectivity index (χ4n) is 1.48. The molecule has 3 nitrogen and oxygen atoms in total. The number of amides is 1. The van der Waals surface area contributed by atoms with Crippen LogP contribution in [0.1, 0.15) is 15.9 Å². The molecule has 0 radical (unpaired) electrons. The van der Waals surface area contributed by atoms with Crippen LogP contribution in [0.25, 0.3) is 0 Å². The Morgan fingerprint density at radius 2 is 1.80 bits per heavy atom. The first-order valence-corrected chi connectivity index (χ1v) is 5.98. The second-order valence-electron chi connectivity index (χ2n) is 3.84. The third-order valence-corrected chi connectivity index (χ3v) is 2.68. The number of halogens is 3. The Bertz CT molecular complexity index is 654. The molecule has 6 heteroatoms. The molecule has 0 aliphatic heterocycles. The van der Waals surface area contributed by atoms with E-state index >= 15 is 0 Å². The number of nitrogens with one attached hydrogen (secondary N) is 1. The molecule has 2 aromatic carbocycles. The number of rotatable bonds is 3. The van der Waals surface area contributed by atoms with Gasteiger partial charge in [0.25, 0.3) is 5.91 Å². The normalized spacial score (nSPS) is 10.8. The summed E-state index contributed by atoms with van der Waals surface area (Å²) in [5.41, 5.74) is 2.14. The maximum atomic E-state index is 13.3.